The Morgan fingerprint density at radius 1 is 1.22 bits per heavy atom. The molecular weight excluding hydrogens is 460 g/mol. The highest BCUT2D eigenvalue weighted by Gasteiger charge is 2.66. The zero-order valence-corrected chi connectivity index (χ0v) is 21.5. The largest absolute Gasteiger partial charge is 0.339 e. The molecule has 190 valence electrons. The number of aromatic amines is 1. The molecule has 36 heavy (non-hydrogen) atoms. The Labute approximate surface area is 210 Å². The summed E-state index contributed by atoms with van der Waals surface area (Å²) in [5, 5.41) is 15.3. The van der Waals surface area contributed by atoms with Crippen LogP contribution in [0.4, 0.5) is 8.78 Å². The molecule has 5 unspecified atom stereocenters. The number of hydrogen-bond donors (Lipinski definition) is 1. The molecule has 2 heterocycles. The maximum absolute atomic E-state index is 14.4. The molecule has 2 aromatic heterocycles. The van der Waals surface area contributed by atoms with Crippen molar-refractivity contribution in [2.75, 3.05) is 13.1 Å². The van der Waals surface area contributed by atoms with Crippen molar-refractivity contribution >= 4 is 5.91 Å². The van der Waals surface area contributed by atoms with Crippen molar-refractivity contribution in [2.24, 2.45) is 23.2 Å². The summed E-state index contributed by atoms with van der Waals surface area (Å²) in [7, 11) is 0. The Morgan fingerprint density at radius 3 is 2.58 bits per heavy atom. The molecule has 5 atom stereocenters. The van der Waals surface area contributed by atoms with Gasteiger partial charge in [0.05, 0.1) is 28.7 Å². The standard InChI is InChI=1S/C28H33F2N5O/c1-6-35(27(36)24-16(3)32-33-17(24)4)14-18-10-11-20(28(5)15(2)26(18)28)19-12-23(34-31-13-19)25-21(29)8-7-9-22(25)30/h7-9,12-13,15,18,20,26H,6,10-11,14H2,1-5H3,(H,32,33). The van der Waals surface area contributed by atoms with Crippen molar-refractivity contribution in [3.8, 4) is 11.3 Å². The molecule has 3 aromatic rings. The lowest BCUT2D eigenvalue weighted by Crippen LogP contribution is -2.38. The predicted octanol–water partition coefficient (Wildman–Crippen LogP) is 5.69. The minimum atomic E-state index is -0.638. The minimum Gasteiger partial charge on any atom is -0.339 e. The van der Waals surface area contributed by atoms with E-state index in [0.717, 1.165) is 36.3 Å². The summed E-state index contributed by atoms with van der Waals surface area (Å²) in [6.45, 7) is 11.7. The van der Waals surface area contributed by atoms with Crippen LogP contribution in [-0.4, -0.2) is 44.3 Å². The highest BCUT2D eigenvalue weighted by molar-refractivity contribution is 5.96. The molecule has 2 aliphatic carbocycles. The molecule has 2 fully saturated rings. The first kappa shape index (κ1) is 24.5. The van der Waals surface area contributed by atoms with Gasteiger partial charge in [-0.25, -0.2) is 8.78 Å². The molecule has 8 heteroatoms. The zero-order valence-electron chi connectivity index (χ0n) is 21.5. The second-order valence-corrected chi connectivity index (χ2v) is 10.7. The van der Waals surface area contributed by atoms with Gasteiger partial charge in [0.15, 0.2) is 0 Å². The second-order valence-electron chi connectivity index (χ2n) is 10.7. The average molecular weight is 494 g/mol. The number of halogens is 2. The van der Waals surface area contributed by atoms with Crippen LogP contribution in [0.1, 0.15) is 66.8 Å². The van der Waals surface area contributed by atoms with Crippen molar-refractivity contribution < 1.29 is 13.6 Å². The highest BCUT2D eigenvalue weighted by atomic mass is 19.1. The number of aromatic nitrogens is 4. The number of rotatable bonds is 6. The summed E-state index contributed by atoms with van der Waals surface area (Å²) in [5.74, 6) is 0.323. The van der Waals surface area contributed by atoms with Gasteiger partial charge in [-0.05, 0) is 86.5 Å². The van der Waals surface area contributed by atoms with Crippen molar-refractivity contribution in [1.82, 2.24) is 25.3 Å². The first-order valence-corrected chi connectivity index (χ1v) is 12.8. The lowest BCUT2D eigenvalue weighted by atomic mass is 9.71. The molecule has 0 radical (unpaired) electrons. The van der Waals surface area contributed by atoms with E-state index in [1.807, 2.05) is 25.7 Å². The van der Waals surface area contributed by atoms with Gasteiger partial charge >= 0.3 is 0 Å². The molecule has 1 N–H and O–H groups in total. The monoisotopic (exact) mass is 493 g/mol. The van der Waals surface area contributed by atoms with Gasteiger partial charge in [0, 0.05) is 18.8 Å². The number of H-pyrrole nitrogens is 1. The smallest absolute Gasteiger partial charge is 0.257 e. The summed E-state index contributed by atoms with van der Waals surface area (Å²) in [6, 6.07) is 5.64. The zero-order chi connectivity index (χ0) is 25.8. The highest BCUT2D eigenvalue weighted by Crippen LogP contribution is 2.72. The number of nitrogens with one attached hydrogen (secondary N) is 1. The lowest BCUT2D eigenvalue weighted by molar-refractivity contribution is 0.0701. The Bertz CT molecular complexity index is 1270. The first-order chi connectivity index (χ1) is 17.2. The molecule has 5 rings (SSSR count). The van der Waals surface area contributed by atoms with E-state index >= 15 is 0 Å². The number of amides is 1. The molecule has 0 saturated heterocycles. The Hall–Kier alpha value is -3.16. The molecule has 1 amide bonds. The van der Waals surface area contributed by atoms with Gasteiger partial charge in [0.2, 0.25) is 0 Å². The van der Waals surface area contributed by atoms with Crippen molar-refractivity contribution in [3.63, 3.8) is 0 Å². The van der Waals surface area contributed by atoms with E-state index in [9.17, 15) is 13.6 Å². The van der Waals surface area contributed by atoms with Gasteiger partial charge in [-0.3, -0.25) is 9.89 Å². The van der Waals surface area contributed by atoms with E-state index in [0.29, 0.717) is 29.9 Å². The van der Waals surface area contributed by atoms with Gasteiger partial charge in [0.1, 0.15) is 11.6 Å². The van der Waals surface area contributed by atoms with E-state index < -0.39 is 11.6 Å². The first-order valence-electron chi connectivity index (χ1n) is 12.8. The molecular formula is C28H33F2N5O. The summed E-state index contributed by atoms with van der Waals surface area (Å²) in [4.78, 5) is 15.3. The van der Waals surface area contributed by atoms with Crippen molar-refractivity contribution in [1.29, 1.82) is 0 Å². The fourth-order valence-electron chi connectivity index (χ4n) is 6.96. The van der Waals surface area contributed by atoms with Gasteiger partial charge in [0.25, 0.3) is 5.91 Å². The molecule has 2 aliphatic rings. The van der Waals surface area contributed by atoms with Crippen LogP contribution in [0.5, 0.6) is 0 Å². The summed E-state index contributed by atoms with van der Waals surface area (Å²) < 4.78 is 28.8. The number of carbonyl (C=O) groups excluding carboxylic acids is 1. The quantitative estimate of drug-likeness (QED) is 0.479. The maximum Gasteiger partial charge on any atom is 0.257 e. The number of nitrogens with zero attached hydrogens (tertiary/aromatic N) is 4. The van der Waals surface area contributed by atoms with Gasteiger partial charge in [-0.15, -0.1) is 0 Å². The van der Waals surface area contributed by atoms with E-state index in [1.165, 1.54) is 18.2 Å². The normalized spacial score (nSPS) is 27.0. The predicted molar refractivity (Wildman–Crippen MR) is 133 cm³/mol. The Morgan fingerprint density at radius 2 is 1.94 bits per heavy atom. The van der Waals surface area contributed by atoms with Gasteiger partial charge < -0.3 is 4.90 Å². The van der Waals surface area contributed by atoms with Crippen LogP contribution in [0, 0.1) is 48.7 Å². The Kier molecular flexibility index (Phi) is 6.17. The minimum absolute atomic E-state index is 0.0354. The van der Waals surface area contributed by atoms with E-state index in [4.69, 9.17) is 0 Å². The molecule has 0 spiro atoms. The van der Waals surface area contributed by atoms with Crippen LogP contribution >= 0.6 is 0 Å². The lowest BCUT2D eigenvalue weighted by Gasteiger charge is -2.36. The number of carbonyl (C=O) groups is 1. The summed E-state index contributed by atoms with van der Waals surface area (Å²) in [5.41, 5.74) is 3.33. The summed E-state index contributed by atoms with van der Waals surface area (Å²) in [6.07, 6.45) is 3.66. The molecule has 1 aromatic carbocycles. The number of hydrogen-bond acceptors (Lipinski definition) is 4. The molecule has 0 bridgehead atoms. The Balaban J connectivity index is 1.37. The van der Waals surface area contributed by atoms with Crippen molar-refractivity contribution in [2.45, 2.75) is 53.4 Å². The van der Waals surface area contributed by atoms with E-state index in [1.54, 1.807) is 12.3 Å². The average Bonchev–Trinajstić information content (AvgIpc) is 3.25. The number of benzene rings is 1. The van der Waals surface area contributed by atoms with Crippen LogP contribution in [0.3, 0.4) is 0 Å². The van der Waals surface area contributed by atoms with Crippen LogP contribution in [-0.2, 0) is 0 Å². The van der Waals surface area contributed by atoms with Crippen LogP contribution < -0.4 is 0 Å². The fourth-order valence-corrected chi connectivity index (χ4v) is 6.96. The summed E-state index contributed by atoms with van der Waals surface area (Å²) >= 11 is 0. The topological polar surface area (TPSA) is 74.8 Å². The molecule has 0 aliphatic heterocycles. The van der Waals surface area contributed by atoms with E-state index in [2.05, 4.69) is 34.2 Å². The van der Waals surface area contributed by atoms with Crippen LogP contribution in [0.15, 0.2) is 30.5 Å². The third-order valence-electron chi connectivity index (χ3n) is 8.98. The SMILES string of the molecule is CCN(CC1CCC(c2cnnc(-c3c(F)cccc3F)c2)C2(C)C(C)C12)C(=O)c1c(C)n[nH]c1C. The second kappa shape index (κ2) is 9.05. The third kappa shape index (κ3) is 3.82. The fraction of sp³-hybridized carbons (Fsp3) is 0.500. The molecule has 2 saturated carbocycles. The number of fused-ring (bicyclic) bond motifs is 1. The maximum atomic E-state index is 14.4. The van der Waals surface area contributed by atoms with Crippen LogP contribution in [0.2, 0.25) is 0 Å². The van der Waals surface area contributed by atoms with Crippen molar-refractivity contribution in [3.05, 3.63) is 64.6 Å². The van der Waals surface area contributed by atoms with Gasteiger partial charge in [-0.1, -0.05) is 19.9 Å². The molecule has 6 nitrogen and oxygen atoms in total. The van der Waals surface area contributed by atoms with Crippen LogP contribution in [0.25, 0.3) is 11.3 Å². The third-order valence-corrected chi connectivity index (χ3v) is 8.98. The van der Waals surface area contributed by atoms with E-state index in [-0.39, 0.29) is 28.5 Å². The van der Waals surface area contributed by atoms with Gasteiger partial charge in [-0.2, -0.15) is 15.3 Å². The number of aryl methyl sites for hydroxylation is 2.